The molecule has 0 atom stereocenters. The molecule has 6 heteroatoms. The lowest BCUT2D eigenvalue weighted by Gasteiger charge is -2.34. The normalized spacial score (nSPS) is 16.5. The molecular formula is C22H30N6. The number of nitrogens with zero attached hydrogens (tertiary/aromatic N) is 6. The molecule has 0 bridgehead atoms. The second-order valence-electron chi connectivity index (χ2n) is 7.55. The summed E-state index contributed by atoms with van der Waals surface area (Å²) in [6, 6.07) is 6.01. The van der Waals surface area contributed by atoms with Gasteiger partial charge in [-0.1, -0.05) is 18.2 Å². The van der Waals surface area contributed by atoms with E-state index in [0.717, 1.165) is 61.0 Å². The Bertz CT molecular complexity index is 888. The zero-order valence-corrected chi connectivity index (χ0v) is 17.4. The summed E-state index contributed by atoms with van der Waals surface area (Å²) in [7, 11) is 4.22. The summed E-state index contributed by atoms with van der Waals surface area (Å²) < 4.78 is 0. The van der Waals surface area contributed by atoms with Gasteiger partial charge < -0.3 is 14.7 Å². The fraction of sp³-hybridized carbons (Fsp3) is 0.409. The van der Waals surface area contributed by atoms with Crippen LogP contribution in [0.3, 0.4) is 0 Å². The van der Waals surface area contributed by atoms with E-state index in [1.807, 2.05) is 31.5 Å². The Labute approximate surface area is 167 Å². The summed E-state index contributed by atoms with van der Waals surface area (Å²) >= 11 is 0. The molecule has 0 spiro atoms. The van der Waals surface area contributed by atoms with E-state index >= 15 is 0 Å². The Kier molecular flexibility index (Phi) is 6.41. The highest BCUT2D eigenvalue weighted by atomic mass is 15.3. The van der Waals surface area contributed by atoms with Crippen LogP contribution >= 0.6 is 0 Å². The van der Waals surface area contributed by atoms with Crippen LogP contribution in [0.4, 0.5) is 5.82 Å². The number of piperazine rings is 1. The van der Waals surface area contributed by atoms with Gasteiger partial charge in [0.25, 0.3) is 0 Å². The molecule has 2 aromatic rings. The molecule has 1 fully saturated rings. The van der Waals surface area contributed by atoms with Gasteiger partial charge in [0.1, 0.15) is 11.4 Å². The Hall–Kier alpha value is -2.73. The molecular weight excluding hydrogens is 348 g/mol. The van der Waals surface area contributed by atoms with Crippen LogP contribution in [0.1, 0.15) is 13.8 Å². The van der Waals surface area contributed by atoms with Crippen LogP contribution in [0.5, 0.6) is 0 Å². The first-order valence-corrected chi connectivity index (χ1v) is 9.70. The molecule has 6 nitrogen and oxygen atoms in total. The fourth-order valence-corrected chi connectivity index (χ4v) is 3.41. The molecule has 0 aromatic carbocycles. The van der Waals surface area contributed by atoms with Crippen LogP contribution in [-0.4, -0.2) is 72.4 Å². The smallest absolute Gasteiger partial charge is 0.155 e. The van der Waals surface area contributed by atoms with Crippen molar-refractivity contribution in [1.82, 2.24) is 19.8 Å². The number of hydrogen-bond acceptors (Lipinski definition) is 5. The Morgan fingerprint density at radius 2 is 1.93 bits per heavy atom. The first-order valence-electron chi connectivity index (χ1n) is 9.70. The topological polar surface area (TPSA) is 47.9 Å². The summed E-state index contributed by atoms with van der Waals surface area (Å²) in [5.41, 5.74) is 2.97. The Morgan fingerprint density at radius 3 is 2.64 bits per heavy atom. The molecule has 2 aromatic heterocycles. The van der Waals surface area contributed by atoms with E-state index in [1.165, 1.54) is 5.57 Å². The van der Waals surface area contributed by atoms with E-state index in [4.69, 9.17) is 4.99 Å². The molecule has 0 amide bonds. The summed E-state index contributed by atoms with van der Waals surface area (Å²) in [5.74, 6) is 1.89. The zero-order valence-electron chi connectivity index (χ0n) is 17.4. The molecule has 3 rings (SSSR count). The lowest BCUT2D eigenvalue weighted by Crippen LogP contribution is -2.46. The van der Waals surface area contributed by atoms with Gasteiger partial charge in [-0.05, 0) is 39.1 Å². The second-order valence-corrected chi connectivity index (χ2v) is 7.55. The van der Waals surface area contributed by atoms with Crippen molar-refractivity contribution in [3.8, 4) is 0 Å². The highest BCUT2D eigenvalue weighted by Crippen LogP contribution is 2.21. The van der Waals surface area contributed by atoms with Crippen molar-refractivity contribution in [2.75, 3.05) is 51.7 Å². The summed E-state index contributed by atoms with van der Waals surface area (Å²) in [6.45, 7) is 12.9. The number of anilines is 1. The largest absolute Gasteiger partial charge is 0.354 e. The predicted molar refractivity (Wildman–Crippen MR) is 118 cm³/mol. The monoisotopic (exact) mass is 378 g/mol. The van der Waals surface area contributed by atoms with E-state index < -0.39 is 0 Å². The van der Waals surface area contributed by atoms with Crippen molar-refractivity contribution in [1.29, 1.82) is 0 Å². The maximum Gasteiger partial charge on any atom is 0.155 e. The second kappa shape index (κ2) is 8.97. The molecule has 0 saturated carbocycles. The van der Waals surface area contributed by atoms with E-state index in [2.05, 4.69) is 64.4 Å². The molecule has 28 heavy (non-hydrogen) atoms. The van der Waals surface area contributed by atoms with Crippen LogP contribution in [0.25, 0.3) is 10.9 Å². The summed E-state index contributed by atoms with van der Waals surface area (Å²) in [6.07, 6.45) is 5.83. The van der Waals surface area contributed by atoms with Gasteiger partial charge in [0.05, 0.1) is 0 Å². The third-order valence-electron chi connectivity index (χ3n) is 4.86. The first kappa shape index (κ1) is 20.0. The van der Waals surface area contributed by atoms with Crippen molar-refractivity contribution in [3.05, 3.63) is 54.5 Å². The van der Waals surface area contributed by atoms with Crippen LogP contribution in [0.2, 0.25) is 0 Å². The van der Waals surface area contributed by atoms with Crippen molar-refractivity contribution >= 4 is 22.6 Å². The van der Waals surface area contributed by atoms with Crippen molar-refractivity contribution in [2.45, 2.75) is 13.8 Å². The number of likely N-dealkylation sites (N-methyl/N-ethyl adjacent to an activating group) is 2. The Morgan fingerprint density at radius 1 is 1.18 bits per heavy atom. The van der Waals surface area contributed by atoms with Gasteiger partial charge in [-0.25, -0.2) is 9.98 Å². The molecule has 0 unspecified atom stereocenters. The number of fused-ring (bicyclic) bond motifs is 1. The number of hydrogen-bond donors (Lipinski definition) is 0. The average Bonchev–Trinajstić information content (AvgIpc) is 2.67. The standard InChI is InChI=1S/C22H30N6/c1-17(2)25-20(28-13-11-26(4)12-14-28)15-18(3)16-27(5)22-21-19(8-10-24-22)7-6-9-23-21/h6-10,15H,1,11-14,16H2,2-5H3/b18-15+,25-20+. The first-order chi connectivity index (χ1) is 13.4. The summed E-state index contributed by atoms with van der Waals surface area (Å²) in [5, 5.41) is 1.10. The minimum atomic E-state index is 0.756. The van der Waals surface area contributed by atoms with Crippen molar-refractivity contribution < 1.29 is 0 Å². The maximum atomic E-state index is 4.70. The predicted octanol–water partition coefficient (Wildman–Crippen LogP) is 3.19. The van der Waals surface area contributed by atoms with E-state index in [9.17, 15) is 0 Å². The molecule has 3 heterocycles. The fourth-order valence-electron chi connectivity index (χ4n) is 3.41. The third kappa shape index (κ3) is 4.95. The number of rotatable bonds is 5. The van der Waals surface area contributed by atoms with Gasteiger partial charge in [0.2, 0.25) is 0 Å². The number of pyridine rings is 2. The SMILES string of the molecule is C=C(C)/N=C(\C=C(/C)CN(C)c1nccc2cccnc12)N1CCN(C)CC1. The van der Waals surface area contributed by atoms with Crippen molar-refractivity contribution in [2.24, 2.45) is 4.99 Å². The summed E-state index contributed by atoms with van der Waals surface area (Å²) in [4.78, 5) is 20.6. The Balaban J connectivity index is 1.79. The van der Waals surface area contributed by atoms with E-state index in [1.54, 1.807) is 0 Å². The molecule has 1 saturated heterocycles. The quantitative estimate of drug-likeness (QED) is 0.591. The van der Waals surface area contributed by atoms with Gasteiger partial charge in [-0.2, -0.15) is 0 Å². The van der Waals surface area contributed by atoms with Crippen molar-refractivity contribution in [3.63, 3.8) is 0 Å². The molecule has 0 N–H and O–H groups in total. The molecule has 0 radical (unpaired) electrons. The number of amidine groups is 1. The number of aliphatic imine (C=N–C) groups is 1. The van der Waals surface area contributed by atoms with Gasteiger partial charge >= 0.3 is 0 Å². The number of aromatic nitrogens is 2. The molecule has 148 valence electrons. The highest BCUT2D eigenvalue weighted by molar-refractivity contribution is 5.94. The number of allylic oxidation sites excluding steroid dienone is 1. The van der Waals surface area contributed by atoms with Gasteiger partial charge in [-0.15, -0.1) is 0 Å². The van der Waals surface area contributed by atoms with Gasteiger partial charge in [0, 0.05) is 63.2 Å². The minimum Gasteiger partial charge on any atom is -0.354 e. The van der Waals surface area contributed by atoms with Crippen LogP contribution in [0.15, 0.2) is 59.5 Å². The zero-order chi connectivity index (χ0) is 20.1. The maximum absolute atomic E-state index is 4.70. The lowest BCUT2D eigenvalue weighted by molar-refractivity contribution is 0.216. The minimum absolute atomic E-state index is 0.756. The van der Waals surface area contributed by atoms with Crippen LogP contribution in [0, 0.1) is 0 Å². The van der Waals surface area contributed by atoms with Crippen LogP contribution in [-0.2, 0) is 0 Å². The molecule has 1 aliphatic rings. The van der Waals surface area contributed by atoms with Crippen LogP contribution < -0.4 is 4.90 Å². The van der Waals surface area contributed by atoms with E-state index in [-0.39, 0.29) is 0 Å². The molecule has 0 aliphatic carbocycles. The average molecular weight is 379 g/mol. The third-order valence-corrected chi connectivity index (χ3v) is 4.86. The lowest BCUT2D eigenvalue weighted by atomic mass is 10.2. The highest BCUT2D eigenvalue weighted by Gasteiger charge is 2.17. The van der Waals surface area contributed by atoms with E-state index in [0.29, 0.717) is 0 Å². The van der Waals surface area contributed by atoms with Gasteiger partial charge in [0.15, 0.2) is 5.82 Å². The van der Waals surface area contributed by atoms with Gasteiger partial charge in [-0.3, -0.25) is 4.98 Å². The molecule has 1 aliphatic heterocycles.